The fourth-order valence-corrected chi connectivity index (χ4v) is 9.84. The van der Waals surface area contributed by atoms with Gasteiger partial charge in [0.25, 0.3) is 23.2 Å². The topological polar surface area (TPSA) is 273 Å². The van der Waals surface area contributed by atoms with E-state index in [-0.39, 0.29) is 44.0 Å². The fourth-order valence-electron chi connectivity index (χ4n) is 6.59. The monoisotopic (exact) mass is 1070 g/mol. The average molecular weight is 1070 g/mol. The van der Waals surface area contributed by atoms with Crippen LogP contribution >= 0.6 is 23.2 Å². The van der Waals surface area contributed by atoms with Gasteiger partial charge in [-0.1, -0.05) is 64.7 Å². The first-order valence-electron chi connectivity index (χ1n) is 23.0. The first-order valence-corrected chi connectivity index (χ1v) is 29.6. The lowest BCUT2D eigenvalue weighted by atomic mass is 10.1. The van der Waals surface area contributed by atoms with E-state index in [9.17, 15) is 40.3 Å². The number of hydrazine groups is 1. The van der Waals surface area contributed by atoms with E-state index >= 15 is 0 Å². The molecule has 2 amide bonds. The Labute approximate surface area is 437 Å². The Hall–Kier alpha value is -6.73. The summed E-state index contributed by atoms with van der Waals surface area (Å²) < 4.78 is 19.1. The molecule has 19 nitrogen and oxygen atoms in total. The molecule has 23 heteroatoms. The van der Waals surface area contributed by atoms with Gasteiger partial charge in [-0.25, -0.2) is 0 Å². The minimum Gasteiger partial charge on any atom is -0.418 e. The fraction of sp³-hybridized carbons (Fsp3) is 0.400. The van der Waals surface area contributed by atoms with Crippen LogP contribution in [0.25, 0.3) is 11.5 Å². The number of non-ortho nitro benzene ring substituents is 2. The normalized spacial score (nSPS) is 13.4. The zero-order valence-corrected chi connectivity index (χ0v) is 46.9. The van der Waals surface area contributed by atoms with Crippen molar-refractivity contribution in [2.45, 2.75) is 130 Å². The number of carbonyl (C=O) groups excluding carboxylic acids is 2. The Morgan fingerprint density at radius 2 is 1.12 bits per heavy atom. The van der Waals surface area contributed by atoms with E-state index in [0.717, 1.165) is 5.56 Å². The van der Waals surface area contributed by atoms with Gasteiger partial charge in [0, 0.05) is 46.8 Å². The van der Waals surface area contributed by atoms with Gasteiger partial charge in [0.15, 0.2) is 16.6 Å². The Morgan fingerprint density at radius 1 is 0.685 bits per heavy atom. The molecule has 73 heavy (non-hydrogen) atoms. The maximum atomic E-state index is 13.3. The number of hydrogen-bond donors (Lipinski definition) is 4. The van der Waals surface area contributed by atoms with Crippen molar-refractivity contribution < 1.29 is 32.7 Å². The number of halogens is 2. The van der Waals surface area contributed by atoms with Crippen LogP contribution in [-0.4, -0.2) is 66.7 Å². The number of nitro groups is 2. The summed E-state index contributed by atoms with van der Waals surface area (Å²) in [5, 5.41) is 55.9. The number of carbonyl (C=O) groups is 2. The second-order valence-electron chi connectivity index (χ2n) is 20.3. The van der Waals surface area contributed by atoms with Crippen molar-refractivity contribution in [3.05, 3.63) is 137 Å². The molecule has 0 aliphatic rings. The third-order valence-electron chi connectivity index (χ3n) is 13.1. The smallest absolute Gasteiger partial charge is 0.269 e. The number of hydrogen-bond acceptors (Lipinski definition) is 15. The summed E-state index contributed by atoms with van der Waals surface area (Å²) in [6, 6.07) is 20.2. The Kier molecular flexibility index (Phi) is 19.2. The molecule has 4 aromatic carbocycles. The molecule has 0 fully saturated rings. The summed E-state index contributed by atoms with van der Waals surface area (Å²) >= 11 is 12.7. The van der Waals surface area contributed by atoms with Crippen LogP contribution in [0.1, 0.15) is 99.9 Å². The van der Waals surface area contributed by atoms with E-state index in [1.165, 1.54) is 36.4 Å². The first-order chi connectivity index (χ1) is 33.8. The van der Waals surface area contributed by atoms with Crippen molar-refractivity contribution in [3.63, 3.8) is 0 Å². The molecular formula is C50H62Cl2N10O9Si2. The molecule has 5 aromatic rings. The van der Waals surface area contributed by atoms with E-state index in [0.29, 0.717) is 44.5 Å². The number of nitro benzene ring substituents is 2. The van der Waals surface area contributed by atoms with Gasteiger partial charge in [-0.2, -0.15) is 10.5 Å². The van der Waals surface area contributed by atoms with Gasteiger partial charge >= 0.3 is 0 Å². The van der Waals surface area contributed by atoms with Gasteiger partial charge in [0.05, 0.1) is 43.2 Å². The number of aromatic nitrogens is 2. The van der Waals surface area contributed by atoms with Gasteiger partial charge in [0.2, 0.25) is 11.8 Å². The largest absolute Gasteiger partial charge is 0.418 e. The molecular weight excluding hydrogens is 1010 g/mol. The van der Waals surface area contributed by atoms with Gasteiger partial charge in [0.1, 0.15) is 24.2 Å². The van der Waals surface area contributed by atoms with Crippen molar-refractivity contribution in [1.82, 2.24) is 21.0 Å². The van der Waals surface area contributed by atoms with Crippen LogP contribution in [0.4, 0.5) is 22.7 Å². The zero-order valence-electron chi connectivity index (χ0n) is 43.4. The summed E-state index contributed by atoms with van der Waals surface area (Å²) in [6.45, 7) is 28.5. The molecule has 4 N–H and O–H groups in total. The van der Waals surface area contributed by atoms with Gasteiger partial charge < -0.3 is 23.9 Å². The molecule has 0 radical (unpaired) electrons. The molecule has 0 unspecified atom stereocenters. The van der Waals surface area contributed by atoms with Gasteiger partial charge in [-0.05, 0) is 124 Å². The highest BCUT2D eigenvalue weighted by molar-refractivity contribution is 6.74. The summed E-state index contributed by atoms with van der Waals surface area (Å²) in [4.78, 5) is 46.6. The SMILES string of the molecule is Cc1c(N[C@@H](C(=O)NNC(=O)c2ccc([N+](=O)[O-])cc2)[C@H](C)O[Si](C)(C)C(C)(C)C)ccc(C#N)c1Cl.Cc1c(N[C@@H](c2nnc(-c3ccc([N+](=O)[O-])cc3)o2)[C@H](C)O[Si](C)(C)C(C)(C)C)ccc(C#N)c1Cl. The summed E-state index contributed by atoms with van der Waals surface area (Å²) in [6.07, 6.45) is -0.962. The molecule has 0 spiro atoms. The lowest BCUT2D eigenvalue weighted by molar-refractivity contribution is -0.385. The highest BCUT2D eigenvalue weighted by atomic mass is 35.5. The van der Waals surface area contributed by atoms with Crippen LogP contribution in [-0.2, 0) is 13.6 Å². The van der Waals surface area contributed by atoms with E-state index in [4.69, 9.17) is 36.5 Å². The molecule has 388 valence electrons. The summed E-state index contributed by atoms with van der Waals surface area (Å²) in [5.41, 5.74) is 8.54. The minimum atomic E-state index is -2.28. The third kappa shape index (κ3) is 14.7. The first kappa shape index (κ1) is 58.8. The standard InChI is InChI=1S/C25H32ClN5O5Si.C25H30ClN5O4Si/c1-15-20(13-10-18(14-27)21(15)26)28-22(16(2)36-37(6,7)25(3,4)5)24(33)30-29-23(32)17-8-11-19(12-9-17)31(34)35;1-15-20(13-10-18(14-27)21(15)26)28-22(16(2)35-36(6,7)25(3,4)5)24-30-29-23(34-24)17-8-11-19(12-9-17)31(32)33/h8-13,16,22,28H,1-7H3,(H,29,32)(H,30,33);8-13,16,22,28H,1-7H3/t2*16-,22+/m00/s1. The predicted octanol–water partition coefficient (Wildman–Crippen LogP) is 12.1. The number of benzene rings is 4. The lowest BCUT2D eigenvalue weighted by Crippen LogP contribution is -2.55. The van der Waals surface area contributed by atoms with Crippen LogP contribution in [0, 0.1) is 56.7 Å². The van der Waals surface area contributed by atoms with Crippen molar-refractivity contribution in [3.8, 4) is 23.6 Å². The third-order valence-corrected chi connectivity index (χ3v) is 23.2. The molecule has 1 aromatic heterocycles. The van der Waals surface area contributed by atoms with Gasteiger partial charge in [-0.15, -0.1) is 10.2 Å². The highest BCUT2D eigenvalue weighted by Gasteiger charge is 2.42. The quantitative estimate of drug-likeness (QED) is 0.0406. The maximum Gasteiger partial charge on any atom is 0.269 e. The molecule has 5 rings (SSSR count). The number of nitrogens with one attached hydrogen (secondary N) is 4. The lowest BCUT2D eigenvalue weighted by Gasteiger charge is -2.40. The maximum absolute atomic E-state index is 13.3. The molecule has 0 aliphatic carbocycles. The molecule has 0 bridgehead atoms. The molecule has 4 atom stereocenters. The molecule has 0 saturated heterocycles. The molecule has 0 aliphatic heterocycles. The zero-order chi connectivity index (χ0) is 55.0. The number of amides is 2. The van der Waals surface area contributed by atoms with E-state index in [1.54, 1.807) is 50.2 Å². The highest BCUT2D eigenvalue weighted by Crippen LogP contribution is 2.41. The van der Waals surface area contributed by atoms with E-state index < -0.39 is 56.5 Å². The van der Waals surface area contributed by atoms with Crippen molar-refractivity contribution in [2.75, 3.05) is 10.6 Å². The summed E-state index contributed by atoms with van der Waals surface area (Å²) in [5.74, 6) is -0.672. The Morgan fingerprint density at radius 3 is 1.56 bits per heavy atom. The van der Waals surface area contributed by atoms with Crippen LogP contribution in [0.3, 0.4) is 0 Å². The van der Waals surface area contributed by atoms with Crippen LogP contribution in [0.5, 0.6) is 0 Å². The molecule has 0 saturated carbocycles. The van der Waals surface area contributed by atoms with Crippen molar-refractivity contribution in [2.24, 2.45) is 0 Å². The average Bonchev–Trinajstić information content (AvgIpc) is 3.81. The van der Waals surface area contributed by atoms with E-state index in [2.05, 4.69) is 105 Å². The predicted molar refractivity (Wildman–Crippen MR) is 286 cm³/mol. The van der Waals surface area contributed by atoms with Crippen LogP contribution in [0.2, 0.25) is 46.3 Å². The number of nitrogens with zero attached hydrogens (tertiary/aromatic N) is 6. The van der Waals surface area contributed by atoms with Crippen LogP contribution in [0.15, 0.2) is 77.2 Å². The van der Waals surface area contributed by atoms with Gasteiger partial charge in [-0.3, -0.25) is 40.7 Å². The van der Waals surface area contributed by atoms with E-state index in [1.807, 2.05) is 19.9 Å². The van der Waals surface area contributed by atoms with Crippen LogP contribution < -0.4 is 21.5 Å². The number of rotatable bonds is 16. The molecule has 1 heterocycles. The Balaban J connectivity index is 0.000000317. The second-order valence-corrected chi connectivity index (χ2v) is 30.6. The minimum absolute atomic E-state index is 0.0156. The number of nitriles is 2. The van der Waals surface area contributed by atoms with Crippen molar-refractivity contribution >= 4 is 74.4 Å². The van der Waals surface area contributed by atoms with Crippen molar-refractivity contribution in [1.29, 1.82) is 10.5 Å². The summed E-state index contributed by atoms with van der Waals surface area (Å²) in [7, 11) is -4.43. The number of anilines is 2. The Bertz CT molecular complexity index is 2910. The second kappa shape index (κ2) is 23.9.